The van der Waals surface area contributed by atoms with Crippen molar-refractivity contribution in [2.45, 2.75) is 45.5 Å². The molecule has 25 heavy (non-hydrogen) atoms. The first-order valence-corrected chi connectivity index (χ1v) is 8.73. The van der Waals surface area contributed by atoms with E-state index in [2.05, 4.69) is 19.1 Å². The molecule has 0 bridgehead atoms. The fourth-order valence-corrected chi connectivity index (χ4v) is 3.01. The third-order valence-electron chi connectivity index (χ3n) is 4.37. The zero-order valence-electron chi connectivity index (χ0n) is 15.1. The summed E-state index contributed by atoms with van der Waals surface area (Å²) in [5, 5.41) is 9.34. The van der Waals surface area contributed by atoms with Crippen LogP contribution in [0.2, 0.25) is 0 Å². The molecule has 1 fully saturated rings. The van der Waals surface area contributed by atoms with E-state index in [4.69, 9.17) is 14.2 Å². The zero-order chi connectivity index (χ0) is 17.9. The van der Waals surface area contributed by atoms with Crippen LogP contribution in [-0.2, 0) is 22.3 Å². The second-order valence-corrected chi connectivity index (χ2v) is 7.03. The molecule has 0 aliphatic carbocycles. The lowest BCUT2D eigenvalue weighted by Crippen LogP contribution is -2.25. The van der Waals surface area contributed by atoms with Gasteiger partial charge in [-0.3, -0.25) is 0 Å². The van der Waals surface area contributed by atoms with Crippen molar-refractivity contribution in [2.75, 3.05) is 13.2 Å². The summed E-state index contributed by atoms with van der Waals surface area (Å²) < 4.78 is 17.2. The fraction of sp³-hybridized carbons (Fsp3) is 0.429. The number of hydrogen-bond acceptors (Lipinski definition) is 4. The van der Waals surface area contributed by atoms with E-state index < -0.39 is 5.79 Å². The molecule has 2 aromatic rings. The molecule has 0 radical (unpaired) electrons. The molecule has 0 unspecified atom stereocenters. The molecule has 0 spiro atoms. The highest BCUT2D eigenvalue weighted by Crippen LogP contribution is 2.25. The van der Waals surface area contributed by atoms with Crippen molar-refractivity contribution in [1.82, 2.24) is 0 Å². The summed E-state index contributed by atoms with van der Waals surface area (Å²) in [5.74, 6) is 0.684. The molecular formula is C21H26O4. The number of rotatable bonds is 6. The number of ether oxygens (including phenoxy) is 3. The maximum atomic E-state index is 9.34. The molecule has 0 aromatic heterocycles. The minimum absolute atomic E-state index is 0.0245. The molecule has 3 rings (SSSR count). The molecule has 0 saturated carbocycles. The highest BCUT2D eigenvalue weighted by molar-refractivity contribution is 5.37. The summed E-state index contributed by atoms with van der Waals surface area (Å²) in [7, 11) is 0. The summed E-state index contributed by atoms with van der Waals surface area (Å²) in [6, 6.07) is 13.7. The van der Waals surface area contributed by atoms with Crippen LogP contribution in [0.25, 0.3) is 0 Å². The van der Waals surface area contributed by atoms with Crippen molar-refractivity contribution in [2.24, 2.45) is 0 Å². The first kappa shape index (κ1) is 17.8. The van der Waals surface area contributed by atoms with E-state index in [0.717, 1.165) is 24.2 Å². The van der Waals surface area contributed by atoms with Crippen LogP contribution in [0.1, 0.15) is 30.5 Å². The first-order chi connectivity index (χ1) is 11.9. The minimum Gasteiger partial charge on any atom is -0.508 e. The van der Waals surface area contributed by atoms with Gasteiger partial charge >= 0.3 is 0 Å². The lowest BCUT2D eigenvalue weighted by Gasteiger charge is -2.18. The van der Waals surface area contributed by atoms with Gasteiger partial charge in [0.15, 0.2) is 5.79 Å². The lowest BCUT2D eigenvalue weighted by atomic mass is 10.0. The Morgan fingerprint density at radius 1 is 1.08 bits per heavy atom. The molecule has 1 aliphatic heterocycles. The van der Waals surface area contributed by atoms with E-state index in [9.17, 15) is 5.11 Å². The number of benzene rings is 2. The Labute approximate surface area is 149 Å². The van der Waals surface area contributed by atoms with Crippen LogP contribution < -0.4 is 4.74 Å². The molecule has 1 saturated heterocycles. The Morgan fingerprint density at radius 2 is 1.76 bits per heavy atom. The Balaban J connectivity index is 1.52. The van der Waals surface area contributed by atoms with Gasteiger partial charge in [0.05, 0.1) is 6.61 Å². The summed E-state index contributed by atoms with van der Waals surface area (Å²) in [6.45, 7) is 6.96. The van der Waals surface area contributed by atoms with Crippen LogP contribution in [0.3, 0.4) is 0 Å². The average molecular weight is 342 g/mol. The van der Waals surface area contributed by atoms with Crippen LogP contribution in [-0.4, -0.2) is 30.2 Å². The number of phenols is 1. The van der Waals surface area contributed by atoms with Crippen LogP contribution in [0.15, 0.2) is 42.5 Å². The number of hydrogen-bond donors (Lipinski definition) is 1. The summed E-state index contributed by atoms with van der Waals surface area (Å²) >= 11 is 0. The standard InChI is InChI=1S/C21H26O4/c1-15-12-17(5-4-16-6-9-18(22)10-7-16)8-11-20(15)23-13-19-14-24-21(2,3)25-19/h6-12,19,22H,4-5,13-14H2,1-3H3/t19-/m0/s1. The van der Waals surface area contributed by atoms with Gasteiger partial charge in [-0.25, -0.2) is 0 Å². The molecule has 1 heterocycles. The molecule has 1 aliphatic rings. The largest absolute Gasteiger partial charge is 0.508 e. The first-order valence-electron chi connectivity index (χ1n) is 8.73. The summed E-state index contributed by atoms with van der Waals surface area (Å²) in [6.07, 6.45) is 1.88. The van der Waals surface area contributed by atoms with E-state index in [1.54, 1.807) is 12.1 Å². The molecule has 4 nitrogen and oxygen atoms in total. The average Bonchev–Trinajstić information content (AvgIpc) is 2.92. The van der Waals surface area contributed by atoms with Crippen molar-refractivity contribution in [3.8, 4) is 11.5 Å². The second-order valence-electron chi connectivity index (χ2n) is 7.03. The van der Waals surface area contributed by atoms with Gasteiger partial charge in [-0.2, -0.15) is 0 Å². The zero-order valence-corrected chi connectivity index (χ0v) is 15.1. The predicted molar refractivity (Wildman–Crippen MR) is 97.1 cm³/mol. The SMILES string of the molecule is Cc1cc(CCc2ccc(O)cc2)ccc1OC[C@H]1COC(C)(C)O1. The Bertz CT molecular complexity index is 706. The smallest absolute Gasteiger partial charge is 0.163 e. The molecule has 134 valence electrons. The highest BCUT2D eigenvalue weighted by atomic mass is 16.7. The topological polar surface area (TPSA) is 47.9 Å². The van der Waals surface area contributed by atoms with Gasteiger partial charge in [-0.05, 0) is 68.5 Å². The van der Waals surface area contributed by atoms with Gasteiger partial charge in [-0.15, -0.1) is 0 Å². The second kappa shape index (κ2) is 7.46. The maximum absolute atomic E-state index is 9.34. The maximum Gasteiger partial charge on any atom is 0.163 e. The van der Waals surface area contributed by atoms with Gasteiger partial charge in [0, 0.05) is 0 Å². The van der Waals surface area contributed by atoms with Crippen molar-refractivity contribution in [3.63, 3.8) is 0 Å². The van der Waals surface area contributed by atoms with Gasteiger partial charge in [0.1, 0.15) is 24.2 Å². The summed E-state index contributed by atoms with van der Waals surface area (Å²) in [4.78, 5) is 0. The molecule has 2 aromatic carbocycles. The van der Waals surface area contributed by atoms with Gasteiger partial charge < -0.3 is 19.3 Å². The van der Waals surface area contributed by atoms with Crippen LogP contribution >= 0.6 is 0 Å². The summed E-state index contributed by atoms with van der Waals surface area (Å²) in [5.41, 5.74) is 3.62. The monoisotopic (exact) mass is 342 g/mol. The normalized spacial score (nSPS) is 19.1. The van der Waals surface area contributed by atoms with Gasteiger partial charge in [0.2, 0.25) is 0 Å². The Hall–Kier alpha value is -2.04. The van der Waals surface area contributed by atoms with E-state index in [1.165, 1.54) is 11.1 Å². The van der Waals surface area contributed by atoms with Crippen molar-refractivity contribution in [3.05, 3.63) is 59.2 Å². The van der Waals surface area contributed by atoms with E-state index >= 15 is 0 Å². The number of aromatic hydroxyl groups is 1. The third kappa shape index (κ3) is 4.97. The van der Waals surface area contributed by atoms with E-state index in [0.29, 0.717) is 19.0 Å². The van der Waals surface area contributed by atoms with Crippen molar-refractivity contribution in [1.29, 1.82) is 0 Å². The molecule has 4 heteroatoms. The molecule has 1 N–H and O–H groups in total. The highest BCUT2D eigenvalue weighted by Gasteiger charge is 2.33. The lowest BCUT2D eigenvalue weighted by molar-refractivity contribution is -0.141. The Kier molecular flexibility index (Phi) is 5.30. The van der Waals surface area contributed by atoms with Crippen LogP contribution in [0, 0.1) is 6.92 Å². The van der Waals surface area contributed by atoms with E-state index in [1.807, 2.05) is 32.0 Å². The van der Waals surface area contributed by atoms with Crippen LogP contribution in [0.4, 0.5) is 0 Å². The predicted octanol–water partition coefficient (Wildman–Crippen LogP) is 4.02. The molecule has 0 amide bonds. The molecule has 1 atom stereocenters. The van der Waals surface area contributed by atoms with Gasteiger partial charge in [-0.1, -0.05) is 24.3 Å². The fourth-order valence-electron chi connectivity index (χ4n) is 3.01. The quantitative estimate of drug-likeness (QED) is 0.861. The third-order valence-corrected chi connectivity index (χ3v) is 4.37. The van der Waals surface area contributed by atoms with Crippen molar-refractivity contribution >= 4 is 0 Å². The Morgan fingerprint density at radius 3 is 2.40 bits per heavy atom. The number of phenolic OH excluding ortho intramolecular Hbond substituents is 1. The minimum atomic E-state index is -0.513. The van der Waals surface area contributed by atoms with E-state index in [-0.39, 0.29) is 6.10 Å². The number of aryl methyl sites for hydroxylation is 3. The van der Waals surface area contributed by atoms with Gasteiger partial charge in [0.25, 0.3) is 0 Å². The van der Waals surface area contributed by atoms with Crippen molar-refractivity contribution < 1.29 is 19.3 Å². The molecular weight excluding hydrogens is 316 g/mol. The van der Waals surface area contributed by atoms with Crippen LogP contribution in [0.5, 0.6) is 11.5 Å².